The van der Waals surface area contributed by atoms with Crippen molar-refractivity contribution < 1.29 is 42.5 Å². The molecule has 16 heteroatoms. The van der Waals surface area contributed by atoms with Gasteiger partial charge in [-0.05, 0) is 46.8 Å². The number of hydrogen-bond donors (Lipinski definition) is 3. The van der Waals surface area contributed by atoms with Crippen LogP contribution in [0.15, 0.2) is 36.7 Å². The number of fused-ring (bicyclic) bond motifs is 3. The summed E-state index contributed by atoms with van der Waals surface area (Å²) in [5.41, 5.74) is 3.86. The van der Waals surface area contributed by atoms with E-state index in [9.17, 15) is 14.5 Å². The topological polar surface area (TPSA) is 191 Å². The summed E-state index contributed by atoms with van der Waals surface area (Å²) in [5, 5.41) is 14.1. The normalized spacial score (nSPS) is 27.2. The number of nitrogen functional groups attached to an aromatic ring is 1. The van der Waals surface area contributed by atoms with Gasteiger partial charge in [-0.25, -0.2) is 9.55 Å². The number of nitrogens with one attached hydrogen (secondary N) is 1. The third-order valence-electron chi connectivity index (χ3n) is 6.95. The summed E-state index contributed by atoms with van der Waals surface area (Å²) in [6.45, 7) is 8.21. The maximum atomic E-state index is 14.0. The predicted octanol–water partition coefficient (Wildman–Crippen LogP) is 2.36. The van der Waals surface area contributed by atoms with Crippen molar-refractivity contribution in [3.63, 3.8) is 0 Å². The Bertz CT molecular complexity index is 1490. The zero-order valence-electron chi connectivity index (χ0n) is 23.9. The van der Waals surface area contributed by atoms with Gasteiger partial charge in [0, 0.05) is 0 Å². The number of aliphatic hydroxyl groups excluding tert-OH is 1. The number of nitrogens with zero attached hydrogens (tertiary/aromatic N) is 4. The molecule has 2 aliphatic heterocycles. The van der Waals surface area contributed by atoms with Gasteiger partial charge in [0.05, 0.1) is 32.3 Å². The van der Waals surface area contributed by atoms with Gasteiger partial charge in [0.15, 0.2) is 17.4 Å². The van der Waals surface area contributed by atoms with E-state index in [1.807, 2.05) is 0 Å². The summed E-state index contributed by atoms with van der Waals surface area (Å²) in [6, 6.07) is 7.30. The third-order valence-corrected chi connectivity index (χ3v) is 8.57. The largest absolute Gasteiger partial charge is 0.476 e. The van der Waals surface area contributed by atoms with Gasteiger partial charge >= 0.3 is 13.7 Å². The molecule has 42 heavy (non-hydrogen) atoms. The van der Waals surface area contributed by atoms with E-state index in [-0.39, 0.29) is 30.3 Å². The maximum Gasteiger partial charge on any atom is 0.459 e. The van der Waals surface area contributed by atoms with Gasteiger partial charge in [0.25, 0.3) is 0 Å². The van der Waals surface area contributed by atoms with Crippen LogP contribution in [0.3, 0.4) is 0 Å². The summed E-state index contributed by atoms with van der Waals surface area (Å²) < 4.78 is 50.4. The number of carbonyl (C=O) groups excluding carboxylic acids is 1. The minimum Gasteiger partial charge on any atom is -0.476 e. The van der Waals surface area contributed by atoms with Gasteiger partial charge in [-0.15, -0.1) is 0 Å². The second kappa shape index (κ2) is 11.4. The van der Waals surface area contributed by atoms with Gasteiger partial charge in [0.1, 0.15) is 29.1 Å². The zero-order chi connectivity index (χ0) is 30.3. The number of nitrogens with two attached hydrogens (primary N) is 1. The molecule has 15 nitrogen and oxygen atoms in total. The molecule has 5 rings (SSSR count). The number of benzene rings is 1. The van der Waals surface area contributed by atoms with Crippen LogP contribution in [0.4, 0.5) is 5.95 Å². The Morgan fingerprint density at radius 1 is 1.29 bits per heavy atom. The lowest BCUT2D eigenvalue weighted by Gasteiger charge is -2.34. The fourth-order valence-corrected chi connectivity index (χ4v) is 6.48. The Morgan fingerprint density at radius 3 is 2.71 bits per heavy atom. The molecule has 1 aromatic carbocycles. The summed E-state index contributed by atoms with van der Waals surface area (Å²) >= 11 is 0. The van der Waals surface area contributed by atoms with Gasteiger partial charge in [-0.2, -0.15) is 15.1 Å². The Morgan fingerprint density at radius 2 is 2.02 bits per heavy atom. The highest BCUT2D eigenvalue weighted by molar-refractivity contribution is 7.52. The van der Waals surface area contributed by atoms with E-state index in [2.05, 4.69) is 20.0 Å². The lowest BCUT2D eigenvalue weighted by Crippen LogP contribution is -2.46. The summed E-state index contributed by atoms with van der Waals surface area (Å²) in [5.74, 6) is -0.226. The second-order valence-electron chi connectivity index (χ2n) is 10.6. The Labute approximate surface area is 242 Å². The van der Waals surface area contributed by atoms with Crippen LogP contribution in [0.5, 0.6) is 11.6 Å². The fourth-order valence-electron chi connectivity index (χ4n) is 4.93. The van der Waals surface area contributed by atoms with Crippen LogP contribution >= 0.6 is 7.75 Å². The third kappa shape index (κ3) is 5.55. The van der Waals surface area contributed by atoms with E-state index >= 15 is 0 Å². The average molecular weight is 607 g/mol. The van der Waals surface area contributed by atoms with Crippen molar-refractivity contribution in [2.24, 2.45) is 0 Å². The molecule has 3 aromatic rings. The SMILES string of the molecule is CCOc1nc(N)nc2c1ncn2[C@@H]1O[C@@]2(COP(=O)(NC(C)C(=O)OC(C)C)Oc3ccccc3)CO[C@]1(C)[C@@H]2O. The number of carbonyl (C=O) groups is 1. The van der Waals surface area contributed by atoms with Crippen LogP contribution in [0.1, 0.15) is 40.8 Å². The van der Waals surface area contributed by atoms with Gasteiger partial charge in [0.2, 0.25) is 11.8 Å². The molecule has 2 bridgehead atoms. The molecule has 2 saturated heterocycles. The van der Waals surface area contributed by atoms with Crippen LogP contribution in [0.25, 0.3) is 11.2 Å². The van der Waals surface area contributed by atoms with Crippen LogP contribution in [-0.2, 0) is 28.1 Å². The van der Waals surface area contributed by atoms with Gasteiger partial charge in [-0.1, -0.05) is 18.2 Å². The Kier molecular flexibility index (Phi) is 8.18. The highest BCUT2D eigenvalue weighted by Gasteiger charge is 2.69. The number of anilines is 1. The van der Waals surface area contributed by atoms with Crippen molar-refractivity contribution in [1.29, 1.82) is 0 Å². The minimum absolute atomic E-state index is 0.0318. The zero-order valence-corrected chi connectivity index (χ0v) is 24.8. The van der Waals surface area contributed by atoms with E-state index in [0.29, 0.717) is 17.8 Å². The summed E-state index contributed by atoms with van der Waals surface area (Å²) in [7, 11) is -4.24. The van der Waals surface area contributed by atoms with Crippen molar-refractivity contribution in [1.82, 2.24) is 24.6 Å². The first-order valence-electron chi connectivity index (χ1n) is 13.5. The van der Waals surface area contributed by atoms with Crippen molar-refractivity contribution >= 4 is 30.8 Å². The summed E-state index contributed by atoms with van der Waals surface area (Å²) in [6.07, 6.45) is -1.07. The van der Waals surface area contributed by atoms with Gasteiger partial charge in [-0.3, -0.25) is 13.9 Å². The highest BCUT2D eigenvalue weighted by atomic mass is 31.2. The molecule has 2 unspecified atom stereocenters. The molecule has 0 radical (unpaired) electrons. The first kappa shape index (κ1) is 30.1. The first-order chi connectivity index (χ1) is 19.9. The van der Waals surface area contributed by atoms with Crippen LogP contribution in [0, 0.1) is 0 Å². The quantitative estimate of drug-likeness (QED) is 0.201. The number of esters is 1. The number of ether oxygens (including phenoxy) is 4. The first-order valence-corrected chi connectivity index (χ1v) is 15.0. The Balaban J connectivity index is 1.41. The van der Waals surface area contributed by atoms with Crippen molar-refractivity contribution in [3.8, 4) is 11.6 Å². The second-order valence-corrected chi connectivity index (χ2v) is 12.3. The van der Waals surface area contributed by atoms with Gasteiger partial charge < -0.3 is 34.3 Å². The molecule has 0 saturated carbocycles. The van der Waals surface area contributed by atoms with E-state index in [0.717, 1.165) is 0 Å². The molecule has 4 heterocycles. The lowest BCUT2D eigenvalue weighted by molar-refractivity contribution is -0.209. The molecule has 0 amide bonds. The number of imidazole rings is 1. The molecule has 4 N–H and O–H groups in total. The molecule has 0 spiro atoms. The minimum atomic E-state index is -4.24. The van der Waals surface area contributed by atoms with E-state index in [4.69, 9.17) is 33.7 Å². The maximum absolute atomic E-state index is 14.0. The lowest BCUT2D eigenvalue weighted by atomic mass is 9.92. The molecule has 2 aromatic heterocycles. The molecule has 2 aliphatic rings. The number of hydrogen-bond acceptors (Lipinski definition) is 13. The van der Waals surface area contributed by atoms with Crippen LogP contribution in [0.2, 0.25) is 0 Å². The molecule has 6 atom stereocenters. The molecule has 0 aliphatic carbocycles. The Hall–Kier alpha value is -3.33. The average Bonchev–Trinajstić information content (AvgIpc) is 3.53. The number of rotatable bonds is 12. The molecular weight excluding hydrogens is 571 g/mol. The number of aliphatic hydroxyl groups is 1. The smallest absolute Gasteiger partial charge is 0.459 e. The molecule has 228 valence electrons. The standard InChI is InChI=1S/C26H35N6O9P/c1-6-36-20-18-19(29-24(27)30-20)32(14-28-18)23-25(5)22(34)26(40-23,12-37-25)13-38-42(35,41-17-10-8-7-9-11-17)31-16(4)21(33)39-15(2)3/h7-11,14-16,22-23,34H,6,12-13H2,1-5H3,(H,31,35)(H2,27,29,30)/t16?,22-,23+,25+,26+,42?/m0/s1. The van der Waals surface area contributed by atoms with E-state index < -0.39 is 49.9 Å². The van der Waals surface area contributed by atoms with E-state index in [1.54, 1.807) is 62.6 Å². The van der Waals surface area contributed by atoms with Crippen molar-refractivity contribution in [3.05, 3.63) is 36.7 Å². The van der Waals surface area contributed by atoms with E-state index in [1.165, 1.54) is 13.3 Å². The van der Waals surface area contributed by atoms with Crippen LogP contribution in [-0.4, -0.2) is 79.9 Å². The number of para-hydroxylation sites is 1. The van der Waals surface area contributed by atoms with Crippen molar-refractivity contribution in [2.45, 2.75) is 70.3 Å². The highest BCUT2D eigenvalue weighted by Crippen LogP contribution is 2.55. The van der Waals surface area contributed by atoms with Crippen molar-refractivity contribution in [2.75, 3.05) is 25.6 Å². The van der Waals surface area contributed by atoms with Crippen LogP contribution < -0.4 is 20.1 Å². The number of aromatic nitrogens is 4. The molecule has 2 fully saturated rings. The molecular formula is C26H35N6O9P. The predicted molar refractivity (Wildman–Crippen MR) is 149 cm³/mol. The monoisotopic (exact) mass is 606 g/mol. The fraction of sp³-hybridized carbons (Fsp3) is 0.538. The summed E-state index contributed by atoms with van der Waals surface area (Å²) in [4.78, 5) is 25.3.